The maximum Gasteiger partial charge on any atom is 0.338 e. The van der Waals surface area contributed by atoms with Crippen LogP contribution in [0.25, 0.3) is 17.0 Å². The summed E-state index contributed by atoms with van der Waals surface area (Å²) in [6.45, 7) is 6.08. The van der Waals surface area contributed by atoms with Gasteiger partial charge in [-0.3, -0.25) is 9.36 Å². The molecule has 1 aliphatic rings. The Labute approximate surface area is 261 Å². The summed E-state index contributed by atoms with van der Waals surface area (Å²) in [7, 11) is 1.57. The van der Waals surface area contributed by atoms with E-state index in [2.05, 4.69) is 51.0 Å². The van der Waals surface area contributed by atoms with Crippen molar-refractivity contribution in [2.45, 2.75) is 39.5 Å². The average Bonchev–Trinajstić information content (AvgIpc) is 3.48. The van der Waals surface area contributed by atoms with Gasteiger partial charge in [-0.15, -0.1) is 0 Å². The summed E-state index contributed by atoms with van der Waals surface area (Å²) in [4.78, 5) is 33.0. The number of allylic oxidation sites excluding steroid dienone is 1. The van der Waals surface area contributed by atoms with Gasteiger partial charge in [0.25, 0.3) is 5.56 Å². The van der Waals surface area contributed by atoms with Crippen LogP contribution in [0.5, 0.6) is 5.75 Å². The first-order chi connectivity index (χ1) is 20.7. The molecule has 0 unspecified atom stereocenters. The highest BCUT2D eigenvalue weighted by Gasteiger charge is 2.35. The number of ether oxygens (including phenoxy) is 2. The van der Waals surface area contributed by atoms with Crippen molar-refractivity contribution >= 4 is 50.2 Å². The van der Waals surface area contributed by atoms with E-state index in [-0.39, 0.29) is 11.7 Å². The van der Waals surface area contributed by atoms with Crippen molar-refractivity contribution in [2.75, 3.05) is 7.11 Å². The van der Waals surface area contributed by atoms with Crippen LogP contribution in [-0.2, 0) is 16.1 Å². The quantitative estimate of drug-likeness (QED) is 0.203. The summed E-state index contributed by atoms with van der Waals surface area (Å²) in [6, 6.07) is 23.2. The largest absolute Gasteiger partial charge is 0.496 e. The van der Waals surface area contributed by atoms with Crippen LogP contribution in [0, 0.1) is 0 Å². The first-order valence-corrected chi connectivity index (χ1v) is 15.5. The van der Waals surface area contributed by atoms with Crippen LogP contribution < -0.4 is 19.6 Å². The predicted octanol–water partition coefficient (Wildman–Crippen LogP) is 5.96. The highest BCUT2D eigenvalue weighted by molar-refractivity contribution is 9.10. The number of hydrogen-bond donors (Lipinski definition) is 0. The van der Waals surface area contributed by atoms with Gasteiger partial charge < -0.3 is 14.0 Å². The Morgan fingerprint density at radius 2 is 1.84 bits per heavy atom. The fourth-order valence-corrected chi connectivity index (χ4v) is 6.93. The van der Waals surface area contributed by atoms with Gasteiger partial charge in [0.05, 0.1) is 29.0 Å². The molecule has 1 atom stereocenters. The second-order valence-corrected chi connectivity index (χ2v) is 12.6. The first kappa shape index (κ1) is 28.9. The molecule has 0 spiro atoms. The van der Waals surface area contributed by atoms with Gasteiger partial charge in [-0.2, -0.15) is 0 Å². The lowest BCUT2D eigenvalue weighted by molar-refractivity contribution is -0.143. The van der Waals surface area contributed by atoms with E-state index in [9.17, 15) is 9.59 Å². The summed E-state index contributed by atoms with van der Waals surface area (Å²) in [5, 5.41) is 1.05. The fourth-order valence-electron chi connectivity index (χ4n) is 5.52. The lowest BCUT2D eigenvalue weighted by atomic mass is 9.95. The Morgan fingerprint density at radius 1 is 1.09 bits per heavy atom. The van der Waals surface area contributed by atoms with E-state index in [0.29, 0.717) is 38.5 Å². The summed E-state index contributed by atoms with van der Waals surface area (Å²) < 4.78 is 16.5. The second kappa shape index (κ2) is 11.8. The van der Waals surface area contributed by atoms with E-state index < -0.39 is 12.0 Å². The van der Waals surface area contributed by atoms with Crippen LogP contribution in [0.1, 0.15) is 43.5 Å². The lowest BCUT2D eigenvalue weighted by Gasteiger charge is -2.26. The van der Waals surface area contributed by atoms with Gasteiger partial charge in [0.15, 0.2) is 4.80 Å². The number of carbonyl (C=O) groups excluding carboxylic acids is 1. The third-order valence-corrected chi connectivity index (χ3v) is 8.85. The number of nitrogens with zero attached hydrogens (tertiary/aromatic N) is 3. The van der Waals surface area contributed by atoms with Crippen LogP contribution in [0.4, 0.5) is 0 Å². The van der Waals surface area contributed by atoms with Crippen molar-refractivity contribution in [3.8, 4) is 5.75 Å². The molecule has 0 bridgehead atoms. The molecule has 218 valence electrons. The molecule has 9 heteroatoms. The fraction of sp³-hybridized carbons (Fsp3) is 0.206. The summed E-state index contributed by atoms with van der Waals surface area (Å²) >= 11 is 4.86. The number of methoxy groups -OCH3 is 1. The number of esters is 1. The number of hydrogen-bond acceptors (Lipinski definition) is 6. The number of rotatable bonds is 7. The predicted molar refractivity (Wildman–Crippen MR) is 173 cm³/mol. The van der Waals surface area contributed by atoms with Crippen molar-refractivity contribution in [3.05, 3.63) is 131 Å². The van der Waals surface area contributed by atoms with Crippen molar-refractivity contribution in [3.63, 3.8) is 0 Å². The first-order valence-electron chi connectivity index (χ1n) is 13.9. The van der Waals surface area contributed by atoms with Gasteiger partial charge in [-0.25, -0.2) is 9.79 Å². The topological polar surface area (TPSA) is 74.8 Å². The molecule has 0 N–H and O–H groups in total. The highest BCUT2D eigenvalue weighted by atomic mass is 79.9. The maximum atomic E-state index is 14.3. The highest BCUT2D eigenvalue weighted by Crippen LogP contribution is 2.37. The number of carbonyl (C=O) groups is 1. The number of para-hydroxylation sites is 1. The van der Waals surface area contributed by atoms with E-state index in [1.807, 2.05) is 54.6 Å². The Balaban J connectivity index is 1.55. The monoisotopic (exact) mass is 655 g/mol. The molecule has 0 amide bonds. The standard InChI is InChI=1S/C34H30BrN3O4S/c1-20(2)42-33(40)30-21(3)36-34-38(31(30)26-17-24(35)14-15-28(26)41-4)32(39)29(43-34)16-23-19-37(18-22-10-6-5-7-11-22)27-13-9-8-12-25(23)27/h5-17,19-20,31H,18H2,1-4H3/b29-16-/t31-/m0/s1. The van der Waals surface area contributed by atoms with E-state index in [0.717, 1.165) is 20.9 Å². The third-order valence-electron chi connectivity index (χ3n) is 7.37. The molecule has 2 aromatic heterocycles. The zero-order chi connectivity index (χ0) is 30.2. The SMILES string of the molecule is COc1ccc(Br)cc1[C@H]1C(C(=O)OC(C)C)=C(C)N=c2s/c(=C\c3cn(Cc4ccccc4)c4ccccc34)c(=O)n21. The molecule has 6 rings (SSSR count). The minimum Gasteiger partial charge on any atom is -0.496 e. The van der Waals surface area contributed by atoms with E-state index in [4.69, 9.17) is 14.5 Å². The van der Waals surface area contributed by atoms with Gasteiger partial charge in [-0.1, -0.05) is 75.8 Å². The van der Waals surface area contributed by atoms with E-state index in [1.165, 1.54) is 16.9 Å². The molecule has 0 saturated heterocycles. The third kappa shape index (κ3) is 5.50. The molecular weight excluding hydrogens is 626 g/mol. The second-order valence-electron chi connectivity index (χ2n) is 10.6. The van der Waals surface area contributed by atoms with Gasteiger partial charge in [0.1, 0.15) is 11.8 Å². The molecule has 0 radical (unpaired) electrons. The van der Waals surface area contributed by atoms with E-state index in [1.54, 1.807) is 32.4 Å². The molecule has 43 heavy (non-hydrogen) atoms. The Hall–Kier alpha value is -4.21. The molecule has 1 aliphatic heterocycles. The van der Waals surface area contributed by atoms with Gasteiger partial charge in [0, 0.05) is 39.2 Å². The van der Waals surface area contributed by atoms with Crippen molar-refractivity contribution in [2.24, 2.45) is 4.99 Å². The molecule has 0 saturated carbocycles. The Bertz CT molecular complexity index is 2070. The van der Waals surface area contributed by atoms with Crippen molar-refractivity contribution in [1.82, 2.24) is 9.13 Å². The average molecular weight is 657 g/mol. The van der Waals surface area contributed by atoms with Crippen LogP contribution in [-0.4, -0.2) is 28.3 Å². The minimum absolute atomic E-state index is 0.238. The van der Waals surface area contributed by atoms with Gasteiger partial charge in [-0.05, 0) is 56.7 Å². The van der Waals surface area contributed by atoms with Crippen LogP contribution in [0.2, 0.25) is 0 Å². The maximum absolute atomic E-state index is 14.3. The Kier molecular flexibility index (Phi) is 7.94. The van der Waals surface area contributed by atoms with Crippen molar-refractivity contribution in [1.29, 1.82) is 0 Å². The zero-order valence-corrected chi connectivity index (χ0v) is 26.6. The smallest absolute Gasteiger partial charge is 0.338 e. The number of benzene rings is 3. The molecular formula is C34H30BrN3O4S. The normalized spacial score (nSPS) is 15.1. The number of halogens is 1. The molecule has 0 aliphatic carbocycles. The van der Waals surface area contributed by atoms with Gasteiger partial charge in [0.2, 0.25) is 0 Å². The number of aromatic nitrogens is 2. The minimum atomic E-state index is -0.781. The van der Waals surface area contributed by atoms with Gasteiger partial charge >= 0.3 is 5.97 Å². The number of fused-ring (bicyclic) bond motifs is 2. The van der Waals surface area contributed by atoms with Crippen molar-refractivity contribution < 1.29 is 14.3 Å². The molecule has 0 fully saturated rings. The summed E-state index contributed by atoms with van der Waals surface area (Å²) in [5.74, 6) is 0.0397. The van der Waals surface area contributed by atoms with Crippen LogP contribution in [0.3, 0.4) is 0 Å². The molecule has 3 heterocycles. The van der Waals surface area contributed by atoms with E-state index >= 15 is 0 Å². The lowest BCUT2D eigenvalue weighted by Crippen LogP contribution is -2.40. The van der Waals surface area contributed by atoms with Crippen LogP contribution in [0.15, 0.2) is 105 Å². The summed E-state index contributed by atoms with van der Waals surface area (Å²) in [6.07, 6.45) is 3.67. The zero-order valence-electron chi connectivity index (χ0n) is 24.2. The Morgan fingerprint density at radius 3 is 2.58 bits per heavy atom. The molecule has 7 nitrogen and oxygen atoms in total. The molecule has 5 aromatic rings. The number of thiazole rings is 1. The van der Waals surface area contributed by atoms with Crippen LogP contribution >= 0.6 is 27.3 Å². The summed E-state index contributed by atoms with van der Waals surface area (Å²) in [5.41, 5.74) is 4.44. The molecule has 3 aromatic carbocycles.